The van der Waals surface area contributed by atoms with Crippen LogP contribution in [0.5, 0.6) is 5.75 Å². The Kier molecular flexibility index (Phi) is 4.61. The molecule has 0 saturated heterocycles. The molecule has 4 nitrogen and oxygen atoms in total. The number of nitrogens with one attached hydrogen (secondary N) is 1. The first-order valence-electron chi connectivity index (χ1n) is 9.27. The summed E-state index contributed by atoms with van der Waals surface area (Å²) in [5.41, 5.74) is 3.88. The van der Waals surface area contributed by atoms with Gasteiger partial charge in [-0.3, -0.25) is 5.09 Å². The van der Waals surface area contributed by atoms with Gasteiger partial charge < -0.3 is 4.52 Å². The monoisotopic (exact) mass is 432 g/mol. The maximum absolute atomic E-state index is 13.6. The Labute approximate surface area is 174 Å². The van der Waals surface area contributed by atoms with Gasteiger partial charge in [0.25, 0.3) is 0 Å². The maximum atomic E-state index is 13.6. The van der Waals surface area contributed by atoms with Crippen LogP contribution >= 0.6 is 29.4 Å². The van der Waals surface area contributed by atoms with Gasteiger partial charge in [-0.15, -0.1) is 11.3 Å². The second kappa shape index (κ2) is 6.51. The van der Waals surface area contributed by atoms with Crippen LogP contribution in [0.3, 0.4) is 0 Å². The molecule has 2 heterocycles. The van der Waals surface area contributed by atoms with Crippen molar-refractivity contribution < 1.29 is 9.09 Å². The minimum absolute atomic E-state index is 0.0105. The van der Waals surface area contributed by atoms with E-state index in [0.29, 0.717) is 5.75 Å². The van der Waals surface area contributed by atoms with Gasteiger partial charge in [0.1, 0.15) is 0 Å². The van der Waals surface area contributed by atoms with Crippen LogP contribution < -0.4 is 9.61 Å². The van der Waals surface area contributed by atoms with Crippen molar-refractivity contribution in [3.05, 3.63) is 47.5 Å². The molecule has 0 fully saturated rings. The predicted octanol–water partition coefficient (Wildman–Crippen LogP) is 7.60. The smallest absolute Gasteiger partial charge is 0.407 e. The van der Waals surface area contributed by atoms with E-state index in [1.807, 2.05) is 24.3 Å². The number of hydrogen-bond donors (Lipinski definition) is 1. The number of nitrogens with zero attached hydrogens (tertiary/aromatic N) is 1. The number of thiazole rings is 1. The van der Waals surface area contributed by atoms with Crippen LogP contribution in [0.2, 0.25) is 0 Å². The zero-order valence-electron chi connectivity index (χ0n) is 17.0. The highest BCUT2D eigenvalue weighted by Crippen LogP contribution is 2.69. The lowest BCUT2D eigenvalue weighted by Gasteiger charge is -2.26. The van der Waals surface area contributed by atoms with Gasteiger partial charge in [-0.25, -0.2) is 9.55 Å². The molecule has 0 radical (unpaired) electrons. The Bertz CT molecular complexity index is 1080. The van der Waals surface area contributed by atoms with Gasteiger partial charge in [-0.1, -0.05) is 59.7 Å². The quantitative estimate of drug-likeness (QED) is 0.423. The summed E-state index contributed by atoms with van der Waals surface area (Å²) >= 11 is 2.74. The molecule has 1 aromatic heterocycles. The van der Waals surface area contributed by atoms with Gasteiger partial charge in [0.05, 0.1) is 15.9 Å². The van der Waals surface area contributed by atoms with Gasteiger partial charge in [0, 0.05) is 16.9 Å². The number of hydrogen-bond acceptors (Lipinski definition) is 5. The molecule has 1 aliphatic rings. The molecule has 3 aromatic rings. The fourth-order valence-electron chi connectivity index (χ4n) is 3.13. The van der Waals surface area contributed by atoms with E-state index in [2.05, 4.69) is 63.7 Å². The first-order valence-corrected chi connectivity index (χ1v) is 13.1. The molecule has 0 aliphatic carbocycles. The molecule has 4 rings (SSSR count). The fraction of sp³-hybridized carbons (Fsp3) is 0.381. The van der Waals surface area contributed by atoms with Crippen molar-refractivity contribution in [1.29, 1.82) is 0 Å². The molecule has 1 N–H and O–H groups in total. The first kappa shape index (κ1) is 19.8. The summed E-state index contributed by atoms with van der Waals surface area (Å²) < 4.78 is 21.5. The van der Waals surface area contributed by atoms with Crippen LogP contribution in [0.25, 0.3) is 10.2 Å². The van der Waals surface area contributed by atoms with E-state index in [9.17, 15) is 4.57 Å². The average Bonchev–Trinajstić information content (AvgIpc) is 3.10. The van der Waals surface area contributed by atoms with E-state index in [1.165, 1.54) is 28.3 Å². The summed E-state index contributed by atoms with van der Waals surface area (Å²) in [4.78, 5) is 4.60. The maximum Gasteiger partial charge on any atom is 0.407 e. The lowest BCUT2D eigenvalue weighted by atomic mass is 9.80. The highest BCUT2D eigenvalue weighted by molar-refractivity contribution is 8.57. The Balaban J connectivity index is 1.72. The number of rotatable bonds is 2. The third-order valence-electron chi connectivity index (χ3n) is 4.70. The molecule has 0 amide bonds. The minimum Gasteiger partial charge on any atom is -0.419 e. The molecule has 1 aliphatic heterocycles. The van der Waals surface area contributed by atoms with Crippen LogP contribution in [-0.2, 0) is 15.4 Å². The summed E-state index contributed by atoms with van der Waals surface area (Å²) in [6.45, 7) is 9.84. The van der Waals surface area contributed by atoms with E-state index in [4.69, 9.17) is 4.52 Å². The molecule has 0 spiro atoms. The van der Waals surface area contributed by atoms with Crippen LogP contribution in [0.15, 0.2) is 40.7 Å². The minimum atomic E-state index is -3.18. The summed E-state index contributed by atoms with van der Waals surface area (Å²) in [7, 11) is 0. The molecule has 1 unspecified atom stereocenters. The normalized spacial score (nSPS) is 19.4. The van der Waals surface area contributed by atoms with E-state index in [0.717, 1.165) is 25.8 Å². The van der Waals surface area contributed by atoms with Crippen molar-refractivity contribution in [3.8, 4) is 5.75 Å². The molecular formula is C21H25N2O2PS2. The average molecular weight is 433 g/mol. The van der Waals surface area contributed by atoms with Crippen molar-refractivity contribution in [2.45, 2.75) is 56.7 Å². The second-order valence-electron chi connectivity index (χ2n) is 9.14. The standard InChI is InChI=1S/C21H25N2O2PS2/c1-20(2,3)13-11-14(21(4,5)6)18-16(12-13)23-26(24,25-18)28-19-22-15-9-7-8-10-17(15)27-19/h7-12H,1-6H3,(H,23,24). The molecule has 1 atom stereocenters. The third-order valence-corrected chi connectivity index (χ3v) is 9.57. The SMILES string of the molecule is CC(C)(C)c1cc2c(c(C(C)(C)C)c1)OP(=O)(Sc1nc3ccccc3s1)N2. The molecule has 28 heavy (non-hydrogen) atoms. The highest BCUT2D eigenvalue weighted by Gasteiger charge is 2.40. The van der Waals surface area contributed by atoms with E-state index >= 15 is 0 Å². The Morgan fingerprint density at radius 3 is 2.43 bits per heavy atom. The summed E-state index contributed by atoms with van der Waals surface area (Å²) in [5, 5.41) is 3.19. The summed E-state index contributed by atoms with van der Waals surface area (Å²) in [6, 6.07) is 12.2. The molecular weight excluding hydrogens is 407 g/mol. The zero-order valence-corrected chi connectivity index (χ0v) is 19.5. The van der Waals surface area contributed by atoms with Crippen LogP contribution in [0.4, 0.5) is 5.69 Å². The van der Waals surface area contributed by atoms with E-state index in [1.54, 1.807) is 0 Å². The van der Waals surface area contributed by atoms with E-state index in [-0.39, 0.29) is 10.8 Å². The Hall–Kier alpha value is -1.49. The number of benzene rings is 2. The van der Waals surface area contributed by atoms with Gasteiger partial charge in [0.2, 0.25) is 0 Å². The Morgan fingerprint density at radius 1 is 1.07 bits per heavy atom. The first-order chi connectivity index (χ1) is 12.9. The highest BCUT2D eigenvalue weighted by atomic mass is 32.7. The van der Waals surface area contributed by atoms with Crippen LogP contribution in [0, 0.1) is 0 Å². The predicted molar refractivity (Wildman–Crippen MR) is 121 cm³/mol. The van der Waals surface area contributed by atoms with Crippen molar-refractivity contribution in [2.24, 2.45) is 0 Å². The molecule has 148 valence electrons. The van der Waals surface area contributed by atoms with Gasteiger partial charge in [0.15, 0.2) is 10.1 Å². The summed E-state index contributed by atoms with van der Waals surface area (Å²) in [5.74, 6) is 0.706. The van der Waals surface area contributed by atoms with Crippen LogP contribution in [0.1, 0.15) is 52.7 Å². The topological polar surface area (TPSA) is 51.2 Å². The van der Waals surface area contributed by atoms with Gasteiger partial charge >= 0.3 is 6.72 Å². The second-order valence-corrected chi connectivity index (χ2v) is 14.4. The Morgan fingerprint density at radius 2 is 1.79 bits per heavy atom. The lowest BCUT2D eigenvalue weighted by molar-refractivity contribution is 0.495. The van der Waals surface area contributed by atoms with Crippen molar-refractivity contribution in [3.63, 3.8) is 0 Å². The van der Waals surface area contributed by atoms with E-state index < -0.39 is 6.72 Å². The van der Waals surface area contributed by atoms with Gasteiger partial charge in [-0.2, -0.15) is 0 Å². The van der Waals surface area contributed by atoms with Crippen molar-refractivity contribution in [1.82, 2.24) is 4.98 Å². The number of aromatic nitrogens is 1. The fourth-order valence-corrected chi connectivity index (χ4v) is 8.34. The molecule has 2 aromatic carbocycles. The number of fused-ring (bicyclic) bond motifs is 2. The van der Waals surface area contributed by atoms with Gasteiger partial charge in [-0.05, 0) is 34.6 Å². The lowest BCUT2D eigenvalue weighted by Crippen LogP contribution is -2.16. The largest absolute Gasteiger partial charge is 0.419 e. The third kappa shape index (κ3) is 3.70. The van der Waals surface area contributed by atoms with Crippen molar-refractivity contribution >= 4 is 45.3 Å². The molecule has 0 saturated carbocycles. The summed E-state index contributed by atoms with van der Waals surface area (Å²) in [6.07, 6.45) is 0. The van der Waals surface area contributed by atoms with Crippen LogP contribution in [-0.4, -0.2) is 4.98 Å². The molecule has 0 bridgehead atoms. The number of anilines is 1. The zero-order chi connectivity index (χ0) is 20.3. The number of para-hydroxylation sites is 1. The molecule has 7 heteroatoms. The van der Waals surface area contributed by atoms with Crippen molar-refractivity contribution in [2.75, 3.05) is 5.09 Å².